The van der Waals surface area contributed by atoms with Gasteiger partial charge in [-0.05, 0) is 44.8 Å². The van der Waals surface area contributed by atoms with Crippen LogP contribution in [0.25, 0.3) is 0 Å². The fourth-order valence-corrected chi connectivity index (χ4v) is 2.41. The van der Waals surface area contributed by atoms with E-state index in [1.165, 1.54) is 12.8 Å². The van der Waals surface area contributed by atoms with Crippen molar-refractivity contribution in [3.63, 3.8) is 0 Å². The minimum Gasteiger partial charge on any atom is -0.355 e. The Morgan fingerprint density at radius 2 is 2.28 bits per heavy atom. The SMILES string of the molecule is CCCCNC(=O)CN(CC)CC1CCCNC1. The molecular formula is C14H29N3O. The molecule has 0 aromatic carbocycles. The number of carbonyl (C=O) groups is 1. The normalized spacial score (nSPS) is 20.1. The topological polar surface area (TPSA) is 44.4 Å². The van der Waals surface area contributed by atoms with Gasteiger partial charge >= 0.3 is 0 Å². The molecule has 0 aromatic heterocycles. The predicted octanol–water partition coefficient (Wildman–Crippen LogP) is 1.22. The summed E-state index contributed by atoms with van der Waals surface area (Å²) in [6, 6.07) is 0. The van der Waals surface area contributed by atoms with Crippen molar-refractivity contribution in [3.8, 4) is 0 Å². The van der Waals surface area contributed by atoms with Gasteiger partial charge in [-0.25, -0.2) is 0 Å². The number of unbranched alkanes of at least 4 members (excludes halogenated alkanes) is 1. The van der Waals surface area contributed by atoms with Crippen LogP contribution in [-0.2, 0) is 4.79 Å². The average molecular weight is 255 g/mol. The molecule has 1 atom stereocenters. The largest absolute Gasteiger partial charge is 0.355 e. The van der Waals surface area contributed by atoms with Crippen molar-refractivity contribution in [1.29, 1.82) is 0 Å². The van der Waals surface area contributed by atoms with Crippen molar-refractivity contribution in [3.05, 3.63) is 0 Å². The summed E-state index contributed by atoms with van der Waals surface area (Å²) < 4.78 is 0. The fraction of sp³-hybridized carbons (Fsp3) is 0.929. The Balaban J connectivity index is 2.20. The summed E-state index contributed by atoms with van der Waals surface area (Å²) in [6.45, 7) is 9.90. The lowest BCUT2D eigenvalue weighted by molar-refractivity contribution is -0.122. The van der Waals surface area contributed by atoms with Gasteiger partial charge < -0.3 is 10.6 Å². The highest BCUT2D eigenvalue weighted by molar-refractivity contribution is 5.77. The van der Waals surface area contributed by atoms with Gasteiger partial charge in [-0.3, -0.25) is 9.69 Å². The first-order valence-electron chi connectivity index (χ1n) is 7.46. The Morgan fingerprint density at radius 1 is 1.44 bits per heavy atom. The third kappa shape index (κ3) is 6.36. The number of amides is 1. The van der Waals surface area contributed by atoms with E-state index in [1.807, 2.05) is 0 Å². The summed E-state index contributed by atoms with van der Waals surface area (Å²) in [7, 11) is 0. The lowest BCUT2D eigenvalue weighted by atomic mass is 9.99. The van der Waals surface area contributed by atoms with Gasteiger partial charge in [0.1, 0.15) is 0 Å². The molecule has 0 aromatic rings. The zero-order valence-corrected chi connectivity index (χ0v) is 12.0. The number of likely N-dealkylation sites (N-methyl/N-ethyl adjacent to an activating group) is 1. The quantitative estimate of drug-likeness (QED) is 0.641. The predicted molar refractivity (Wildman–Crippen MR) is 75.6 cm³/mol. The van der Waals surface area contributed by atoms with E-state index in [9.17, 15) is 4.79 Å². The van der Waals surface area contributed by atoms with Crippen molar-refractivity contribution < 1.29 is 4.79 Å². The monoisotopic (exact) mass is 255 g/mol. The summed E-state index contributed by atoms with van der Waals surface area (Å²) in [5.74, 6) is 0.885. The molecule has 18 heavy (non-hydrogen) atoms. The van der Waals surface area contributed by atoms with E-state index in [4.69, 9.17) is 0 Å². The molecule has 4 nitrogen and oxygen atoms in total. The van der Waals surface area contributed by atoms with Gasteiger partial charge in [-0.1, -0.05) is 20.3 Å². The summed E-state index contributed by atoms with van der Waals surface area (Å²) in [5, 5.41) is 6.42. The van der Waals surface area contributed by atoms with Crippen molar-refractivity contribution >= 4 is 5.91 Å². The van der Waals surface area contributed by atoms with Gasteiger partial charge in [-0.2, -0.15) is 0 Å². The highest BCUT2D eigenvalue weighted by atomic mass is 16.2. The highest BCUT2D eigenvalue weighted by Crippen LogP contribution is 2.11. The minimum atomic E-state index is 0.175. The smallest absolute Gasteiger partial charge is 0.234 e. The average Bonchev–Trinajstić information content (AvgIpc) is 2.39. The van der Waals surface area contributed by atoms with E-state index in [0.29, 0.717) is 12.5 Å². The van der Waals surface area contributed by atoms with Crippen LogP contribution in [-0.4, -0.2) is 50.1 Å². The number of nitrogens with zero attached hydrogens (tertiary/aromatic N) is 1. The zero-order valence-electron chi connectivity index (χ0n) is 12.0. The second kappa shape index (κ2) is 9.34. The molecule has 0 radical (unpaired) electrons. The number of piperidine rings is 1. The molecule has 1 rings (SSSR count). The van der Waals surface area contributed by atoms with Crippen molar-refractivity contribution in [2.24, 2.45) is 5.92 Å². The van der Waals surface area contributed by atoms with Crippen molar-refractivity contribution in [1.82, 2.24) is 15.5 Å². The van der Waals surface area contributed by atoms with Crippen LogP contribution in [0.2, 0.25) is 0 Å². The van der Waals surface area contributed by atoms with Crippen LogP contribution in [0.4, 0.5) is 0 Å². The Bertz CT molecular complexity index is 227. The molecule has 1 unspecified atom stereocenters. The molecule has 1 heterocycles. The number of nitrogens with one attached hydrogen (secondary N) is 2. The van der Waals surface area contributed by atoms with Crippen LogP contribution >= 0.6 is 0 Å². The Kier molecular flexibility index (Phi) is 8.01. The number of carbonyl (C=O) groups excluding carboxylic acids is 1. The van der Waals surface area contributed by atoms with Crippen LogP contribution in [0.5, 0.6) is 0 Å². The molecule has 1 saturated heterocycles. The molecule has 2 N–H and O–H groups in total. The van der Waals surface area contributed by atoms with E-state index >= 15 is 0 Å². The summed E-state index contributed by atoms with van der Waals surface area (Å²) >= 11 is 0. The van der Waals surface area contributed by atoms with Gasteiger partial charge in [0.05, 0.1) is 6.54 Å². The van der Waals surface area contributed by atoms with Crippen LogP contribution in [0.15, 0.2) is 0 Å². The summed E-state index contributed by atoms with van der Waals surface area (Å²) in [5.41, 5.74) is 0. The highest BCUT2D eigenvalue weighted by Gasteiger charge is 2.17. The molecule has 106 valence electrons. The van der Waals surface area contributed by atoms with E-state index < -0.39 is 0 Å². The second-order valence-corrected chi connectivity index (χ2v) is 5.24. The molecule has 0 bridgehead atoms. The van der Waals surface area contributed by atoms with Gasteiger partial charge in [0.2, 0.25) is 5.91 Å². The van der Waals surface area contributed by atoms with E-state index in [0.717, 1.165) is 45.6 Å². The Labute approximate surface area is 111 Å². The maximum atomic E-state index is 11.8. The molecule has 4 heteroatoms. The van der Waals surface area contributed by atoms with Crippen molar-refractivity contribution in [2.75, 3.05) is 39.3 Å². The first-order valence-corrected chi connectivity index (χ1v) is 7.46. The van der Waals surface area contributed by atoms with E-state index in [1.54, 1.807) is 0 Å². The minimum absolute atomic E-state index is 0.175. The summed E-state index contributed by atoms with van der Waals surface area (Å²) in [4.78, 5) is 14.0. The second-order valence-electron chi connectivity index (χ2n) is 5.24. The first-order chi connectivity index (χ1) is 8.76. The van der Waals surface area contributed by atoms with Gasteiger partial charge in [0.15, 0.2) is 0 Å². The maximum absolute atomic E-state index is 11.8. The molecule has 1 fully saturated rings. The maximum Gasteiger partial charge on any atom is 0.234 e. The molecule has 1 aliphatic heterocycles. The zero-order chi connectivity index (χ0) is 13.2. The lowest BCUT2D eigenvalue weighted by Gasteiger charge is -2.29. The Hall–Kier alpha value is -0.610. The van der Waals surface area contributed by atoms with Crippen LogP contribution in [0, 0.1) is 5.92 Å². The van der Waals surface area contributed by atoms with Crippen molar-refractivity contribution in [2.45, 2.75) is 39.5 Å². The molecule has 0 aliphatic carbocycles. The first kappa shape index (κ1) is 15.4. The molecule has 0 spiro atoms. The molecule has 1 amide bonds. The van der Waals surface area contributed by atoms with E-state index in [-0.39, 0.29) is 5.91 Å². The fourth-order valence-electron chi connectivity index (χ4n) is 2.41. The van der Waals surface area contributed by atoms with Crippen LogP contribution in [0.3, 0.4) is 0 Å². The van der Waals surface area contributed by atoms with Crippen LogP contribution < -0.4 is 10.6 Å². The van der Waals surface area contributed by atoms with Gasteiger partial charge in [0.25, 0.3) is 0 Å². The molecular weight excluding hydrogens is 226 g/mol. The third-order valence-electron chi connectivity index (χ3n) is 3.58. The Morgan fingerprint density at radius 3 is 2.89 bits per heavy atom. The lowest BCUT2D eigenvalue weighted by Crippen LogP contribution is -2.43. The number of hydrogen-bond donors (Lipinski definition) is 2. The third-order valence-corrected chi connectivity index (χ3v) is 3.58. The van der Waals surface area contributed by atoms with Gasteiger partial charge in [0, 0.05) is 13.1 Å². The standard InChI is InChI=1S/C14H29N3O/c1-3-5-9-16-14(18)12-17(4-2)11-13-7-6-8-15-10-13/h13,15H,3-12H2,1-2H3,(H,16,18). The molecule has 1 aliphatic rings. The number of hydrogen-bond acceptors (Lipinski definition) is 3. The van der Waals surface area contributed by atoms with Crippen LogP contribution in [0.1, 0.15) is 39.5 Å². The van der Waals surface area contributed by atoms with E-state index in [2.05, 4.69) is 29.4 Å². The summed E-state index contributed by atoms with van der Waals surface area (Å²) in [6.07, 6.45) is 4.77. The number of rotatable bonds is 8. The molecule has 0 saturated carbocycles. The van der Waals surface area contributed by atoms with Gasteiger partial charge in [-0.15, -0.1) is 0 Å².